The molecule has 0 atom stereocenters. The first-order valence-electron chi connectivity index (χ1n) is 4.77. The summed E-state index contributed by atoms with van der Waals surface area (Å²) in [5.41, 5.74) is -0.376. The highest BCUT2D eigenvalue weighted by Gasteiger charge is 2.37. The molecule has 3 nitrogen and oxygen atoms in total. The summed E-state index contributed by atoms with van der Waals surface area (Å²) in [4.78, 5) is 0. The third-order valence-electron chi connectivity index (χ3n) is 2.13. The van der Waals surface area contributed by atoms with E-state index >= 15 is 0 Å². The van der Waals surface area contributed by atoms with E-state index in [1.54, 1.807) is 14.0 Å². The molecule has 1 N–H and O–H groups in total. The highest BCUT2D eigenvalue weighted by atomic mass is 19.4. The maximum absolute atomic E-state index is 12.7. The lowest BCUT2D eigenvalue weighted by molar-refractivity contribution is -0.144. The maximum Gasteiger partial charge on any atom is 0.433 e. The fourth-order valence-corrected chi connectivity index (χ4v) is 1.43. The number of aromatic nitrogens is 2. The number of likely N-dealkylation sites (N-methyl/N-ethyl adjacent to an activating group) is 1. The first kappa shape index (κ1) is 12.0. The Labute approximate surface area is 86.3 Å². The SMILES string of the molecule is CCn1ncc(CCNC)c1C(F)(F)F. The van der Waals surface area contributed by atoms with Crippen LogP contribution in [0.5, 0.6) is 0 Å². The van der Waals surface area contributed by atoms with Crippen molar-refractivity contribution in [3.05, 3.63) is 17.5 Å². The molecule has 0 aromatic carbocycles. The predicted octanol–water partition coefficient (Wildman–Crippen LogP) is 1.68. The molecule has 1 heterocycles. The molecule has 0 amide bonds. The van der Waals surface area contributed by atoms with Gasteiger partial charge in [0.25, 0.3) is 0 Å². The van der Waals surface area contributed by atoms with Crippen molar-refractivity contribution in [2.24, 2.45) is 0 Å². The number of nitrogens with one attached hydrogen (secondary N) is 1. The molecule has 1 aromatic rings. The summed E-state index contributed by atoms with van der Waals surface area (Å²) in [7, 11) is 1.71. The Bertz CT molecular complexity index is 317. The van der Waals surface area contributed by atoms with Crippen LogP contribution >= 0.6 is 0 Å². The maximum atomic E-state index is 12.7. The number of halogens is 3. The van der Waals surface area contributed by atoms with Gasteiger partial charge >= 0.3 is 6.18 Å². The van der Waals surface area contributed by atoms with Gasteiger partial charge in [0.1, 0.15) is 5.69 Å². The summed E-state index contributed by atoms with van der Waals surface area (Å²) in [6.45, 7) is 2.39. The van der Waals surface area contributed by atoms with Crippen molar-refractivity contribution in [3.8, 4) is 0 Å². The second-order valence-corrected chi connectivity index (χ2v) is 3.19. The van der Waals surface area contributed by atoms with Crippen molar-refractivity contribution in [1.82, 2.24) is 15.1 Å². The van der Waals surface area contributed by atoms with Gasteiger partial charge in [-0.3, -0.25) is 4.68 Å². The summed E-state index contributed by atoms with van der Waals surface area (Å²) < 4.78 is 39.0. The van der Waals surface area contributed by atoms with E-state index in [1.807, 2.05) is 0 Å². The number of alkyl halides is 3. The third-order valence-corrected chi connectivity index (χ3v) is 2.13. The Hall–Kier alpha value is -1.04. The largest absolute Gasteiger partial charge is 0.433 e. The van der Waals surface area contributed by atoms with Gasteiger partial charge in [-0.25, -0.2) is 0 Å². The van der Waals surface area contributed by atoms with E-state index in [2.05, 4.69) is 10.4 Å². The van der Waals surface area contributed by atoms with Gasteiger partial charge in [0.15, 0.2) is 0 Å². The number of rotatable bonds is 4. The van der Waals surface area contributed by atoms with Crippen molar-refractivity contribution in [2.75, 3.05) is 13.6 Å². The summed E-state index contributed by atoms with van der Waals surface area (Å²) in [6, 6.07) is 0. The highest BCUT2D eigenvalue weighted by molar-refractivity contribution is 5.21. The third kappa shape index (κ3) is 2.71. The fraction of sp³-hybridized carbons (Fsp3) is 0.667. The lowest BCUT2D eigenvalue weighted by Gasteiger charge is -2.11. The molecule has 0 radical (unpaired) electrons. The van der Waals surface area contributed by atoms with Crippen LogP contribution in [0.25, 0.3) is 0 Å². The Morgan fingerprint density at radius 2 is 2.13 bits per heavy atom. The van der Waals surface area contributed by atoms with Gasteiger partial charge in [0.2, 0.25) is 0 Å². The lowest BCUT2D eigenvalue weighted by atomic mass is 10.2. The Kier molecular flexibility index (Phi) is 3.73. The van der Waals surface area contributed by atoms with Crippen LogP contribution in [0.15, 0.2) is 6.20 Å². The van der Waals surface area contributed by atoms with Gasteiger partial charge in [-0.15, -0.1) is 0 Å². The molecule has 0 aliphatic heterocycles. The monoisotopic (exact) mass is 221 g/mol. The van der Waals surface area contributed by atoms with E-state index in [4.69, 9.17) is 0 Å². The first-order valence-corrected chi connectivity index (χ1v) is 4.77. The molecule has 15 heavy (non-hydrogen) atoms. The molecule has 0 aliphatic carbocycles. The van der Waals surface area contributed by atoms with Crippen LogP contribution in [0.3, 0.4) is 0 Å². The Balaban J connectivity index is 3.01. The zero-order valence-corrected chi connectivity index (χ0v) is 8.73. The minimum atomic E-state index is -4.32. The van der Waals surface area contributed by atoms with Crippen molar-refractivity contribution >= 4 is 0 Å². The van der Waals surface area contributed by atoms with E-state index in [0.717, 1.165) is 4.68 Å². The summed E-state index contributed by atoms with van der Waals surface area (Å²) in [5.74, 6) is 0. The average molecular weight is 221 g/mol. The van der Waals surface area contributed by atoms with Crippen LogP contribution in [-0.4, -0.2) is 23.4 Å². The molecular weight excluding hydrogens is 207 g/mol. The molecule has 0 saturated carbocycles. The van der Waals surface area contributed by atoms with Gasteiger partial charge in [0, 0.05) is 12.1 Å². The topological polar surface area (TPSA) is 29.9 Å². The summed E-state index contributed by atoms with van der Waals surface area (Å²) >= 11 is 0. The standard InChI is InChI=1S/C9H14F3N3/c1-3-15-8(9(10,11)12)7(6-14-15)4-5-13-2/h6,13H,3-5H2,1-2H3. The zero-order chi connectivity index (χ0) is 11.5. The van der Waals surface area contributed by atoms with Crippen molar-refractivity contribution in [1.29, 1.82) is 0 Å². The van der Waals surface area contributed by atoms with E-state index in [1.165, 1.54) is 6.20 Å². The Morgan fingerprint density at radius 3 is 2.60 bits per heavy atom. The number of nitrogens with zero attached hydrogens (tertiary/aromatic N) is 2. The molecule has 0 aliphatic rings. The molecule has 0 bridgehead atoms. The molecule has 1 aromatic heterocycles. The predicted molar refractivity (Wildman–Crippen MR) is 50.5 cm³/mol. The number of aryl methyl sites for hydroxylation is 1. The van der Waals surface area contributed by atoms with Gasteiger partial charge in [-0.05, 0) is 26.9 Å². The van der Waals surface area contributed by atoms with Gasteiger partial charge in [-0.1, -0.05) is 0 Å². The summed E-state index contributed by atoms with van der Waals surface area (Å²) in [6.07, 6.45) is -2.69. The van der Waals surface area contributed by atoms with Gasteiger partial charge < -0.3 is 5.32 Å². The Morgan fingerprint density at radius 1 is 1.47 bits per heavy atom. The molecule has 0 unspecified atom stereocenters. The molecule has 1 rings (SSSR count). The van der Waals surface area contributed by atoms with Crippen LogP contribution in [0.4, 0.5) is 13.2 Å². The smallest absolute Gasteiger partial charge is 0.319 e. The van der Waals surface area contributed by atoms with E-state index in [0.29, 0.717) is 13.0 Å². The molecule has 0 saturated heterocycles. The van der Waals surface area contributed by atoms with Gasteiger partial charge in [0.05, 0.1) is 6.20 Å². The quantitative estimate of drug-likeness (QED) is 0.838. The number of hydrogen-bond acceptors (Lipinski definition) is 2. The molecular formula is C9H14F3N3. The minimum absolute atomic E-state index is 0.231. The second kappa shape index (κ2) is 4.65. The van der Waals surface area contributed by atoms with Crippen molar-refractivity contribution in [2.45, 2.75) is 26.1 Å². The molecule has 0 spiro atoms. The van der Waals surface area contributed by atoms with Crippen LogP contribution in [-0.2, 0) is 19.1 Å². The van der Waals surface area contributed by atoms with E-state index in [9.17, 15) is 13.2 Å². The average Bonchev–Trinajstić information content (AvgIpc) is 2.56. The normalized spacial score (nSPS) is 12.1. The lowest BCUT2D eigenvalue weighted by Crippen LogP contribution is -2.18. The van der Waals surface area contributed by atoms with Crippen molar-refractivity contribution < 1.29 is 13.2 Å². The van der Waals surface area contributed by atoms with Crippen LogP contribution in [0.2, 0.25) is 0 Å². The van der Waals surface area contributed by atoms with Crippen LogP contribution in [0, 0.1) is 0 Å². The summed E-state index contributed by atoms with van der Waals surface area (Å²) in [5, 5.41) is 6.54. The zero-order valence-electron chi connectivity index (χ0n) is 8.73. The van der Waals surface area contributed by atoms with E-state index in [-0.39, 0.29) is 12.1 Å². The molecule has 0 fully saturated rings. The van der Waals surface area contributed by atoms with E-state index < -0.39 is 11.9 Å². The molecule has 6 heteroatoms. The molecule has 86 valence electrons. The fourth-order valence-electron chi connectivity index (χ4n) is 1.43. The van der Waals surface area contributed by atoms with Crippen LogP contribution in [0.1, 0.15) is 18.2 Å². The highest BCUT2D eigenvalue weighted by Crippen LogP contribution is 2.32. The first-order chi connectivity index (χ1) is 7.00. The number of hydrogen-bond donors (Lipinski definition) is 1. The van der Waals surface area contributed by atoms with Crippen LogP contribution < -0.4 is 5.32 Å². The van der Waals surface area contributed by atoms with Crippen molar-refractivity contribution in [3.63, 3.8) is 0 Å². The second-order valence-electron chi connectivity index (χ2n) is 3.19. The minimum Gasteiger partial charge on any atom is -0.319 e. The van der Waals surface area contributed by atoms with Gasteiger partial charge in [-0.2, -0.15) is 18.3 Å².